The average molecular weight is 204 g/mol. The lowest BCUT2D eigenvalue weighted by atomic mass is 10.1. The van der Waals surface area contributed by atoms with Crippen molar-refractivity contribution in [2.75, 3.05) is 0 Å². The first-order valence-electron chi connectivity index (χ1n) is 4.36. The smallest absolute Gasteiger partial charge is 0.294 e. The Kier molecular flexibility index (Phi) is 2.00. The van der Waals surface area contributed by atoms with Crippen LogP contribution in [0.1, 0.15) is 17.3 Å². The third-order valence-electron chi connectivity index (χ3n) is 2.26. The summed E-state index contributed by atoms with van der Waals surface area (Å²) in [6.45, 7) is 1.43. The number of hydrogen-bond donors (Lipinski definition) is 1. The minimum atomic E-state index is -0.469. The fourth-order valence-electron chi connectivity index (χ4n) is 1.48. The van der Waals surface area contributed by atoms with Gasteiger partial charge in [0.05, 0.1) is 22.0 Å². The summed E-state index contributed by atoms with van der Waals surface area (Å²) in [6.07, 6.45) is 1.33. The Hall–Kier alpha value is -2.17. The lowest BCUT2D eigenvalue weighted by Gasteiger charge is -1.95. The van der Waals surface area contributed by atoms with E-state index in [-0.39, 0.29) is 11.5 Å². The summed E-state index contributed by atoms with van der Waals surface area (Å²) >= 11 is 0. The Balaban J connectivity index is 2.72. The van der Waals surface area contributed by atoms with Crippen LogP contribution in [0, 0.1) is 10.1 Å². The molecule has 0 aliphatic rings. The number of nitrogens with one attached hydrogen (secondary N) is 1. The summed E-state index contributed by atoms with van der Waals surface area (Å²) in [4.78, 5) is 24.1. The number of nitrogens with zero attached hydrogens (tertiary/aromatic N) is 1. The van der Waals surface area contributed by atoms with E-state index in [9.17, 15) is 14.9 Å². The predicted molar refractivity (Wildman–Crippen MR) is 55.0 cm³/mol. The van der Waals surface area contributed by atoms with E-state index in [1.165, 1.54) is 19.2 Å². The first-order valence-corrected chi connectivity index (χ1v) is 4.36. The van der Waals surface area contributed by atoms with Crippen LogP contribution in [-0.4, -0.2) is 15.7 Å². The largest absolute Gasteiger partial charge is 0.355 e. The van der Waals surface area contributed by atoms with E-state index in [1.54, 1.807) is 12.1 Å². The van der Waals surface area contributed by atoms with E-state index in [0.29, 0.717) is 16.5 Å². The molecule has 5 nitrogen and oxygen atoms in total. The summed E-state index contributed by atoms with van der Waals surface area (Å²) in [5.74, 6) is -0.104. The van der Waals surface area contributed by atoms with Gasteiger partial charge in [0, 0.05) is 5.56 Å². The minimum Gasteiger partial charge on any atom is -0.355 e. The molecule has 1 N–H and O–H groups in total. The number of ketones is 1. The highest BCUT2D eigenvalue weighted by atomic mass is 16.6. The molecule has 2 aromatic rings. The molecule has 0 spiro atoms. The van der Waals surface area contributed by atoms with Crippen molar-refractivity contribution in [2.24, 2.45) is 0 Å². The number of hydrogen-bond acceptors (Lipinski definition) is 3. The molecule has 0 aliphatic heterocycles. The first kappa shape index (κ1) is 9.39. The second-order valence-electron chi connectivity index (χ2n) is 3.25. The highest BCUT2D eigenvalue weighted by Gasteiger charge is 2.14. The maximum absolute atomic E-state index is 11.1. The van der Waals surface area contributed by atoms with Crippen LogP contribution in [0.3, 0.4) is 0 Å². The molecule has 15 heavy (non-hydrogen) atoms. The number of carbonyl (C=O) groups excluding carboxylic acids is 1. The highest BCUT2D eigenvalue weighted by Crippen LogP contribution is 2.25. The number of carbonyl (C=O) groups is 1. The van der Waals surface area contributed by atoms with Gasteiger partial charge in [0.1, 0.15) is 0 Å². The zero-order valence-corrected chi connectivity index (χ0v) is 7.98. The van der Waals surface area contributed by atoms with Crippen molar-refractivity contribution in [1.82, 2.24) is 4.98 Å². The number of Topliss-reactive ketones (excluding diaryl/α,β-unsaturated/α-hetero) is 1. The van der Waals surface area contributed by atoms with Gasteiger partial charge in [-0.25, -0.2) is 0 Å². The Morgan fingerprint density at radius 2 is 2.20 bits per heavy atom. The maximum Gasteiger partial charge on any atom is 0.294 e. The van der Waals surface area contributed by atoms with Gasteiger partial charge in [-0.3, -0.25) is 14.9 Å². The quantitative estimate of drug-likeness (QED) is 0.463. The van der Waals surface area contributed by atoms with Gasteiger partial charge in [-0.05, 0) is 25.1 Å². The predicted octanol–water partition coefficient (Wildman–Crippen LogP) is 2.28. The number of benzene rings is 1. The van der Waals surface area contributed by atoms with Gasteiger partial charge in [-0.15, -0.1) is 0 Å². The van der Waals surface area contributed by atoms with Crippen LogP contribution < -0.4 is 0 Å². The van der Waals surface area contributed by atoms with Crippen LogP contribution in [0.5, 0.6) is 0 Å². The van der Waals surface area contributed by atoms with Crippen LogP contribution in [0.4, 0.5) is 5.69 Å². The van der Waals surface area contributed by atoms with Gasteiger partial charge in [0.15, 0.2) is 5.78 Å². The maximum atomic E-state index is 11.1. The molecular formula is C10H8N2O3. The number of aromatic amines is 1. The Bertz CT molecular complexity index is 557. The molecule has 1 aromatic carbocycles. The lowest BCUT2D eigenvalue weighted by Crippen LogP contribution is -1.91. The molecule has 76 valence electrons. The minimum absolute atomic E-state index is 0.00639. The molecule has 0 fully saturated rings. The number of rotatable bonds is 2. The lowest BCUT2D eigenvalue weighted by molar-refractivity contribution is -0.383. The summed E-state index contributed by atoms with van der Waals surface area (Å²) < 4.78 is 0. The van der Waals surface area contributed by atoms with E-state index in [1.807, 2.05) is 0 Å². The van der Waals surface area contributed by atoms with Gasteiger partial charge in [0.25, 0.3) is 5.69 Å². The molecule has 2 rings (SSSR count). The normalized spacial score (nSPS) is 10.5. The molecule has 5 heteroatoms. The SMILES string of the molecule is CC(=O)c1ccc2[nH]cc([N+](=O)[O-])c2c1. The van der Waals surface area contributed by atoms with Crippen molar-refractivity contribution in [3.63, 3.8) is 0 Å². The molecular weight excluding hydrogens is 196 g/mol. The van der Waals surface area contributed by atoms with Crippen molar-refractivity contribution >= 4 is 22.4 Å². The second kappa shape index (κ2) is 3.20. The van der Waals surface area contributed by atoms with Gasteiger partial charge >= 0.3 is 0 Å². The van der Waals surface area contributed by atoms with E-state index in [4.69, 9.17) is 0 Å². The zero-order chi connectivity index (χ0) is 11.0. The molecule has 0 aliphatic carbocycles. The van der Waals surface area contributed by atoms with E-state index < -0.39 is 4.92 Å². The third kappa shape index (κ3) is 1.48. The van der Waals surface area contributed by atoms with Crippen LogP contribution in [-0.2, 0) is 0 Å². The Labute approximate surface area is 84.9 Å². The average Bonchev–Trinajstić information content (AvgIpc) is 2.59. The van der Waals surface area contributed by atoms with Crippen molar-refractivity contribution in [2.45, 2.75) is 6.92 Å². The van der Waals surface area contributed by atoms with Gasteiger partial charge in [-0.1, -0.05) is 0 Å². The molecule has 0 atom stereocenters. The molecule has 0 saturated carbocycles. The number of aromatic nitrogens is 1. The molecule has 0 saturated heterocycles. The first-order chi connectivity index (χ1) is 7.09. The Morgan fingerprint density at radius 3 is 2.80 bits per heavy atom. The van der Waals surface area contributed by atoms with Crippen LogP contribution in [0.15, 0.2) is 24.4 Å². The second-order valence-corrected chi connectivity index (χ2v) is 3.25. The Morgan fingerprint density at radius 1 is 1.47 bits per heavy atom. The van der Waals surface area contributed by atoms with Crippen LogP contribution in [0.25, 0.3) is 10.9 Å². The summed E-state index contributed by atoms with van der Waals surface area (Å²) in [7, 11) is 0. The third-order valence-corrected chi connectivity index (χ3v) is 2.26. The molecule has 0 unspecified atom stereocenters. The molecule has 0 bridgehead atoms. The van der Waals surface area contributed by atoms with Crippen LogP contribution >= 0.6 is 0 Å². The van der Waals surface area contributed by atoms with Crippen molar-refractivity contribution < 1.29 is 9.72 Å². The van der Waals surface area contributed by atoms with Crippen molar-refractivity contribution in [1.29, 1.82) is 0 Å². The van der Waals surface area contributed by atoms with E-state index >= 15 is 0 Å². The monoisotopic (exact) mass is 204 g/mol. The molecule has 0 radical (unpaired) electrons. The summed E-state index contributed by atoms with van der Waals surface area (Å²) in [5, 5.41) is 11.1. The standard InChI is InChI=1S/C10H8N2O3/c1-6(13)7-2-3-9-8(4-7)10(5-11-9)12(14)15/h2-5,11H,1H3. The molecule has 1 heterocycles. The summed E-state index contributed by atoms with van der Waals surface area (Å²) in [5.41, 5.74) is 1.13. The number of nitro groups is 1. The van der Waals surface area contributed by atoms with E-state index in [2.05, 4.69) is 4.98 Å². The molecule has 1 aromatic heterocycles. The number of H-pyrrole nitrogens is 1. The fourth-order valence-corrected chi connectivity index (χ4v) is 1.48. The van der Waals surface area contributed by atoms with E-state index in [0.717, 1.165) is 0 Å². The topological polar surface area (TPSA) is 76.0 Å². The summed E-state index contributed by atoms with van der Waals surface area (Å²) in [6, 6.07) is 4.84. The van der Waals surface area contributed by atoms with Gasteiger partial charge in [0.2, 0.25) is 0 Å². The molecule has 0 amide bonds. The van der Waals surface area contributed by atoms with Gasteiger partial charge in [-0.2, -0.15) is 0 Å². The fraction of sp³-hybridized carbons (Fsp3) is 0.100. The van der Waals surface area contributed by atoms with Gasteiger partial charge < -0.3 is 4.98 Å². The van der Waals surface area contributed by atoms with Crippen molar-refractivity contribution in [3.8, 4) is 0 Å². The zero-order valence-electron chi connectivity index (χ0n) is 7.98. The van der Waals surface area contributed by atoms with Crippen LogP contribution in [0.2, 0.25) is 0 Å². The highest BCUT2D eigenvalue weighted by molar-refractivity contribution is 6.00. The number of fused-ring (bicyclic) bond motifs is 1. The van der Waals surface area contributed by atoms with Crippen molar-refractivity contribution in [3.05, 3.63) is 40.1 Å².